The molecule has 0 unspecified atom stereocenters. The van der Waals surface area contributed by atoms with Crippen LogP contribution in [-0.2, 0) is 11.2 Å². The summed E-state index contributed by atoms with van der Waals surface area (Å²) >= 11 is 0. The molecule has 5 heteroatoms. The summed E-state index contributed by atoms with van der Waals surface area (Å²) < 4.78 is 5.91. The third-order valence-corrected chi connectivity index (χ3v) is 5.34. The number of furan rings is 1. The average Bonchev–Trinajstić information content (AvgIpc) is 3.23. The van der Waals surface area contributed by atoms with Gasteiger partial charge in [0, 0.05) is 44.6 Å². The molecule has 1 N–H and O–H groups in total. The van der Waals surface area contributed by atoms with E-state index in [1.165, 1.54) is 0 Å². The Hall–Kier alpha value is -3.05. The first-order chi connectivity index (χ1) is 14.2. The Morgan fingerprint density at radius 2 is 1.66 bits per heavy atom. The molecule has 0 saturated carbocycles. The molecule has 2 heterocycles. The molecule has 1 aliphatic heterocycles. The molecule has 0 radical (unpaired) electrons. The van der Waals surface area contributed by atoms with Gasteiger partial charge in [0.25, 0.3) is 0 Å². The lowest BCUT2D eigenvalue weighted by Crippen LogP contribution is -2.44. The van der Waals surface area contributed by atoms with Crippen LogP contribution in [0.4, 0.5) is 11.4 Å². The van der Waals surface area contributed by atoms with Gasteiger partial charge < -0.3 is 19.5 Å². The van der Waals surface area contributed by atoms with Crippen molar-refractivity contribution < 1.29 is 9.21 Å². The first-order valence-corrected chi connectivity index (χ1v) is 10.2. The van der Waals surface area contributed by atoms with Crippen molar-refractivity contribution in [3.8, 4) is 11.3 Å². The van der Waals surface area contributed by atoms with E-state index in [0.717, 1.165) is 54.6 Å². The molecular weight excluding hydrogens is 362 g/mol. The molecule has 1 saturated heterocycles. The molecule has 2 aromatic carbocycles. The van der Waals surface area contributed by atoms with E-state index in [1.807, 2.05) is 60.7 Å². The fourth-order valence-corrected chi connectivity index (χ4v) is 3.62. The molecular formula is C24H27N3O2. The number of hydrogen-bond donors (Lipinski definition) is 1. The Balaban J connectivity index is 1.35. The summed E-state index contributed by atoms with van der Waals surface area (Å²) in [6.07, 6.45) is 0.966. The first kappa shape index (κ1) is 19.3. The van der Waals surface area contributed by atoms with E-state index >= 15 is 0 Å². The van der Waals surface area contributed by atoms with Crippen LogP contribution in [0.25, 0.3) is 11.3 Å². The summed E-state index contributed by atoms with van der Waals surface area (Å²) in [4.78, 5) is 17.2. The van der Waals surface area contributed by atoms with E-state index in [4.69, 9.17) is 4.42 Å². The minimum absolute atomic E-state index is 0.00392. The zero-order valence-electron chi connectivity index (χ0n) is 16.8. The largest absolute Gasteiger partial charge is 0.461 e. The highest BCUT2D eigenvalue weighted by molar-refractivity contribution is 5.94. The van der Waals surface area contributed by atoms with Gasteiger partial charge in [-0.3, -0.25) is 4.79 Å². The van der Waals surface area contributed by atoms with Gasteiger partial charge in [-0.1, -0.05) is 42.5 Å². The second kappa shape index (κ2) is 8.97. The second-order valence-corrected chi connectivity index (χ2v) is 7.49. The number of hydrogen-bond acceptors (Lipinski definition) is 4. The van der Waals surface area contributed by atoms with Crippen molar-refractivity contribution >= 4 is 17.3 Å². The van der Waals surface area contributed by atoms with Crippen LogP contribution >= 0.6 is 0 Å². The van der Waals surface area contributed by atoms with E-state index < -0.39 is 0 Å². The highest BCUT2D eigenvalue weighted by Gasteiger charge is 2.17. The Kier molecular flexibility index (Phi) is 5.96. The van der Waals surface area contributed by atoms with Crippen molar-refractivity contribution in [1.29, 1.82) is 0 Å². The van der Waals surface area contributed by atoms with Gasteiger partial charge in [-0.05, 0) is 31.3 Å². The fraction of sp³-hybridized carbons (Fsp3) is 0.292. The molecule has 0 spiro atoms. The van der Waals surface area contributed by atoms with Crippen LogP contribution in [0, 0.1) is 0 Å². The van der Waals surface area contributed by atoms with Crippen LogP contribution in [0.15, 0.2) is 71.1 Å². The zero-order valence-corrected chi connectivity index (χ0v) is 16.8. The van der Waals surface area contributed by atoms with E-state index in [-0.39, 0.29) is 5.91 Å². The Bertz CT molecular complexity index is 944. The number of nitrogens with zero attached hydrogens (tertiary/aromatic N) is 2. The Morgan fingerprint density at radius 3 is 2.45 bits per heavy atom. The SMILES string of the molecule is CN1CCN(c2ccccc2NC(=O)CCc2ccc(-c3ccccc3)o2)CC1. The van der Waals surface area contributed by atoms with Gasteiger partial charge in [0.1, 0.15) is 11.5 Å². The summed E-state index contributed by atoms with van der Waals surface area (Å²) in [5, 5.41) is 3.09. The molecule has 1 aromatic heterocycles. The normalized spacial score (nSPS) is 14.7. The van der Waals surface area contributed by atoms with Crippen molar-refractivity contribution in [1.82, 2.24) is 4.90 Å². The smallest absolute Gasteiger partial charge is 0.224 e. The number of anilines is 2. The Morgan fingerprint density at radius 1 is 0.931 bits per heavy atom. The predicted molar refractivity (Wildman–Crippen MR) is 117 cm³/mol. The third-order valence-electron chi connectivity index (χ3n) is 5.34. The number of rotatable bonds is 6. The van der Waals surface area contributed by atoms with Crippen LogP contribution in [0.2, 0.25) is 0 Å². The Labute approximate surface area is 171 Å². The van der Waals surface area contributed by atoms with Gasteiger partial charge >= 0.3 is 0 Å². The summed E-state index contributed by atoms with van der Waals surface area (Å²) in [7, 11) is 2.14. The van der Waals surface area contributed by atoms with Crippen molar-refractivity contribution in [2.24, 2.45) is 0 Å². The lowest BCUT2D eigenvalue weighted by Gasteiger charge is -2.35. The van der Waals surface area contributed by atoms with Crippen LogP contribution in [0.5, 0.6) is 0 Å². The molecule has 3 aromatic rings. The monoisotopic (exact) mass is 389 g/mol. The summed E-state index contributed by atoms with van der Waals surface area (Å²) in [5.41, 5.74) is 3.02. The maximum absolute atomic E-state index is 12.6. The number of amides is 1. The van der Waals surface area contributed by atoms with E-state index in [0.29, 0.717) is 12.8 Å². The van der Waals surface area contributed by atoms with Crippen molar-refractivity contribution in [3.05, 3.63) is 72.5 Å². The van der Waals surface area contributed by atoms with E-state index in [2.05, 4.69) is 28.2 Å². The maximum Gasteiger partial charge on any atom is 0.224 e. The molecule has 1 fully saturated rings. The molecule has 1 aliphatic rings. The van der Waals surface area contributed by atoms with Gasteiger partial charge in [-0.25, -0.2) is 0 Å². The molecule has 4 rings (SSSR count). The number of aryl methyl sites for hydroxylation is 1. The van der Waals surface area contributed by atoms with Crippen LogP contribution in [0.1, 0.15) is 12.2 Å². The summed E-state index contributed by atoms with van der Waals surface area (Å²) in [6, 6.07) is 22.0. The van der Waals surface area contributed by atoms with Gasteiger partial charge in [0.05, 0.1) is 11.4 Å². The standard InChI is InChI=1S/C24H27N3O2/c1-26-15-17-27(18-16-26)22-10-6-5-9-21(22)25-24(28)14-12-20-11-13-23(29-20)19-7-3-2-4-8-19/h2-11,13H,12,14-18H2,1H3,(H,25,28). The molecule has 5 nitrogen and oxygen atoms in total. The minimum Gasteiger partial charge on any atom is -0.461 e. The number of nitrogens with one attached hydrogen (secondary N) is 1. The van der Waals surface area contributed by atoms with Gasteiger partial charge in [-0.15, -0.1) is 0 Å². The van der Waals surface area contributed by atoms with Gasteiger partial charge in [0.2, 0.25) is 5.91 Å². The summed E-state index contributed by atoms with van der Waals surface area (Å²) in [5.74, 6) is 1.66. The van der Waals surface area contributed by atoms with Crippen molar-refractivity contribution in [2.45, 2.75) is 12.8 Å². The van der Waals surface area contributed by atoms with E-state index in [1.54, 1.807) is 0 Å². The van der Waals surface area contributed by atoms with E-state index in [9.17, 15) is 4.79 Å². The highest BCUT2D eigenvalue weighted by atomic mass is 16.3. The maximum atomic E-state index is 12.6. The van der Waals surface area contributed by atoms with Crippen LogP contribution < -0.4 is 10.2 Å². The number of carbonyl (C=O) groups is 1. The molecule has 0 bridgehead atoms. The van der Waals surface area contributed by atoms with Gasteiger partial charge in [0.15, 0.2) is 0 Å². The molecule has 150 valence electrons. The lowest BCUT2D eigenvalue weighted by atomic mass is 10.2. The lowest BCUT2D eigenvalue weighted by molar-refractivity contribution is -0.116. The summed E-state index contributed by atoms with van der Waals surface area (Å²) in [6.45, 7) is 4.01. The average molecular weight is 389 g/mol. The highest BCUT2D eigenvalue weighted by Crippen LogP contribution is 2.27. The number of likely N-dealkylation sites (N-methyl/N-ethyl adjacent to an activating group) is 1. The second-order valence-electron chi connectivity index (χ2n) is 7.49. The molecule has 0 atom stereocenters. The number of benzene rings is 2. The third kappa shape index (κ3) is 4.87. The molecule has 1 amide bonds. The van der Waals surface area contributed by atoms with Crippen LogP contribution in [0.3, 0.4) is 0 Å². The minimum atomic E-state index is 0.00392. The topological polar surface area (TPSA) is 48.7 Å². The molecule has 0 aliphatic carbocycles. The van der Waals surface area contributed by atoms with Gasteiger partial charge in [-0.2, -0.15) is 0 Å². The quantitative estimate of drug-likeness (QED) is 0.684. The van der Waals surface area contributed by atoms with Crippen molar-refractivity contribution in [2.75, 3.05) is 43.4 Å². The predicted octanol–water partition coefficient (Wildman–Crippen LogP) is 4.27. The van der Waals surface area contributed by atoms with Crippen molar-refractivity contribution in [3.63, 3.8) is 0 Å². The fourth-order valence-electron chi connectivity index (χ4n) is 3.62. The number of para-hydroxylation sites is 2. The first-order valence-electron chi connectivity index (χ1n) is 10.2. The van der Waals surface area contributed by atoms with Crippen LogP contribution in [-0.4, -0.2) is 44.0 Å². The number of carbonyl (C=O) groups excluding carboxylic acids is 1. The number of piperazine rings is 1. The molecule has 29 heavy (non-hydrogen) atoms. The zero-order chi connectivity index (χ0) is 20.1.